The van der Waals surface area contributed by atoms with Crippen LogP contribution < -0.4 is 0 Å². The summed E-state index contributed by atoms with van der Waals surface area (Å²) in [6.07, 6.45) is 1.98. The summed E-state index contributed by atoms with van der Waals surface area (Å²) in [5.41, 5.74) is -0.00839. The molecular weight excluding hydrogens is 266 g/mol. The molecule has 0 saturated carbocycles. The van der Waals surface area contributed by atoms with Gasteiger partial charge in [0.2, 0.25) is 0 Å². The van der Waals surface area contributed by atoms with Crippen LogP contribution in [0.4, 0.5) is 0 Å². The quantitative estimate of drug-likeness (QED) is 0.780. The molecule has 0 saturated heterocycles. The molecule has 0 aliphatic carbocycles. The van der Waals surface area contributed by atoms with E-state index in [0.29, 0.717) is 0 Å². The van der Waals surface area contributed by atoms with Crippen LogP contribution in [0.15, 0.2) is 16.7 Å². The second kappa shape index (κ2) is 7.23. The fraction of sp³-hybridized carbons (Fsp3) is 0.538. The summed E-state index contributed by atoms with van der Waals surface area (Å²) in [4.78, 5) is 24.4. The predicted octanol–water partition coefficient (Wildman–Crippen LogP) is 2.58. The van der Waals surface area contributed by atoms with Crippen LogP contribution in [0.25, 0.3) is 0 Å². The van der Waals surface area contributed by atoms with Crippen molar-refractivity contribution in [2.45, 2.75) is 26.3 Å². The number of amides is 1. The number of aromatic carboxylic acids is 1. The van der Waals surface area contributed by atoms with Gasteiger partial charge in [-0.3, -0.25) is 4.79 Å². The zero-order valence-electron chi connectivity index (χ0n) is 11.4. The topological polar surface area (TPSA) is 70.8 Å². The number of hydrogen-bond donors (Lipinski definition) is 1. The first kappa shape index (κ1) is 15.6. The fourth-order valence-corrected chi connectivity index (χ4v) is 2.32. The third kappa shape index (κ3) is 4.31. The van der Waals surface area contributed by atoms with Crippen LogP contribution in [0.5, 0.6) is 0 Å². The van der Waals surface area contributed by atoms with E-state index in [1.807, 2.05) is 18.7 Å². The SMILES string of the molecule is CCSCCC(C)N(C)C(=O)c1cc(C(=O)O)co1. The highest BCUT2D eigenvalue weighted by atomic mass is 32.2. The molecule has 0 aliphatic rings. The van der Waals surface area contributed by atoms with E-state index in [1.165, 1.54) is 6.07 Å². The fourth-order valence-electron chi connectivity index (χ4n) is 1.53. The lowest BCUT2D eigenvalue weighted by Crippen LogP contribution is -2.35. The van der Waals surface area contributed by atoms with E-state index in [4.69, 9.17) is 9.52 Å². The van der Waals surface area contributed by atoms with Crippen molar-refractivity contribution in [1.82, 2.24) is 4.90 Å². The highest BCUT2D eigenvalue weighted by molar-refractivity contribution is 7.99. The standard InChI is InChI=1S/C13H19NO4S/c1-4-19-6-5-9(2)14(3)12(15)11-7-10(8-18-11)13(16)17/h7-9H,4-6H2,1-3H3,(H,16,17). The molecule has 106 valence electrons. The van der Waals surface area contributed by atoms with Crippen molar-refractivity contribution in [2.24, 2.45) is 0 Å². The first-order valence-electron chi connectivity index (χ1n) is 6.14. The molecule has 0 aromatic carbocycles. The van der Waals surface area contributed by atoms with Gasteiger partial charge in [0.25, 0.3) is 5.91 Å². The molecule has 0 bridgehead atoms. The van der Waals surface area contributed by atoms with Crippen LogP contribution in [0.1, 0.15) is 41.2 Å². The van der Waals surface area contributed by atoms with Crippen molar-refractivity contribution in [2.75, 3.05) is 18.6 Å². The molecule has 6 heteroatoms. The first-order chi connectivity index (χ1) is 8.97. The number of carbonyl (C=O) groups excluding carboxylic acids is 1. The molecule has 0 spiro atoms. The van der Waals surface area contributed by atoms with Gasteiger partial charge in [0.15, 0.2) is 5.76 Å². The number of carboxylic acid groups (broad SMARTS) is 1. The Hall–Kier alpha value is -1.43. The number of rotatable bonds is 7. The lowest BCUT2D eigenvalue weighted by Gasteiger charge is -2.23. The molecule has 1 heterocycles. The second-order valence-electron chi connectivity index (χ2n) is 4.26. The third-order valence-electron chi connectivity index (χ3n) is 2.92. The summed E-state index contributed by atoms with van der Waals surface area (Å²) in [5, 5.41) is 8.78. The lowest BCUT2D eigenvalue weighted by atomic mass is 10.2. The van der Waals surface area contributed by atoms with Gasteiger partial charge in [-0.15, -0.1) is 0 Å². The summed E-state index contributed by atoms with van der Waals surface area (Å²) in [6, 6.07) is 1.35. The van der Waals surface area contributed by atoms with E-state index in [9.17, 15) is 9.59 Å². The van der Waals surface area contributed by atoms with E-state index in [2.05, 4.69) is 6.92 Å². The summed E-state index contributed by atoms with van der Waals surface area (Å²) < 4.78 is 5.01. The molecule has 1 atom stereocenters. The number of nitrogens with zero attached hydrogens (tertiary/aromatic N) is 1. The predicted molar refractivity (Wildman–Crippen MR) is 74.8 cm³/mol. The highest BCUT2D eigenvalue weighted by Gasteiger charge is 2.21. The van der Waals surface area contributed by atoms with Crippen molar-refractivity contribution in [3.63, 3.8) is 0 Å². The Morgan fingerprint density at radius 1 is 1.53 bits per heavy atom. The maximum atomic E-state index is 12.1. The molecule has 1 amide bonds. The monoisotopic (exact) mass is 285 g/mol. The van der Waals surface area contributed by atoms with E-state index >= 15 is 0 Å². The number of furan rings is 1. The largest absolute Gasteiger partial charge is 0.478 e. The van der Waals surface area contributed by atoms with Crippen molar-refractivity contribution < 1.29 is 19.1 Å². The second-order valence-corrected chi connectivity index (χ2v) is 5.65. The molecule has 1 aromatic heterocycles. The Bertz CT molecular complexity index is 444. The molecule has 5 nitrogen and oxygen atoms in total. The summed E-state index contributed by atoms with van der Waals surface area (Å²) in [6.45, 7) is 4.07. The van der Waals surface area contributed by atoms with Crippen LogP contribution >= 0.6 is 11.8 Å². The van der Waals surface area contributed by atoms with E-state index in [1.54, 1.807) is 11.9 Å². The zero-order valence-corrected chi connectivity index (χ0v) is 12.2. The van der Waals surface area contributed by atoms with Crippen LogP contribution in [-0.4, -0.2) is 46.5 Å². The molecule has 1 unspecified atom stereocenters. The Kier molecular flexibility index (Phi) is 5.95. The van der Waals surface area contributed by atoms with E-state index < -0.39 is 5.97 Å². The van der Waals surface area contributed by atoms with Gasteiger partial charge in [0.1, 0.15) is 6.26 Å². The Labute approximate surface area is 117 Å². The molecule has 1 N–H and O–H groups in total. The molecule has 19 heavy (non-hydrogen) atoms. The number of hydrogen-bond acceptors (Lipinski definition) is 4. The number of thioether (sulfide) groups is 1. The van der Waals surface area contributed by atoms with Gasteiger partial charge in [0.05, 0.1) is 5.56 Å². The Morgan fingerprint density at radius 3 is 2.74 bits per heavy atom. The van der Waals surface area contributed by atoms with Gasteiger partial charge in [0, 0.05) is 19.2 Å². The molecule has 1 aromatic rings. The van der Waals surface area contributed by atoms with Gasteiger partial charge in [-0.25, -0.2) is 4.79 Å². The number of carboxylic acids is 1. The summed E-state index contributed by atoms with van der Waals surface area (Å²) in [5.74, 6) is 0.729. The maximum absolute atomic E-state index is 12.1. The Morgan fingerprint density at radius 2 is 2.21 bits per heavy atom. The van der Waals surface area contributed by atoms with Crippen molar-refractivity contribution >= 4 is 23.6 Å². The van der Waals surface area contributed by atoms with Crippen LogP contribution in [-0.2, 0) is 0 Å². The smallest absolute Gasteiger partial charge is 0.338 e. The van der Waals surface area contributed by atoms with Crippen molar-refractivity contribution in [3.8, 4) is 0 Å². The Balaban J connectivity index is 2.62. The van der Waals surface area contributed by atoms with Crippen LogP contribution in [0.2, 0.25) is 0 Å². The average Bonchev–Trinajstić information content (AvgIpc) is 2.86. The third-order valence-corrected chi connectivity index (χ3v) is 3.86. The maximum Gasteiger partial charge on any atom is 0.338 e. The number of carbonyl (C=O) groups is 2. The van der Waals surface area contributed by atoms with Crippen LogP contribution in [0.3, 0.4) is 0 Å². The van der Waals surface area contributed by atoms with E-state index in [0.717, 1.165) is 24.2 Å². The molecule has 1 rings (SSSR count). The van der Waals surface area contributed by atoms with Crippen molar-refractivity contribution in [3.05, 3.63) is 23.7 Å². The van der Waals surface area contributed by atoms with Crippen molar-refractivity contribution in [1.29, 1.82) is 0 Å². The lowest BCUT2D eigenvalue weighted by molar-refractivity contribution is 0.0691. The van der Waals surface area contributed by atoms with Gasteiger partial charge >= 0.3 is 5.97 Å². The average molecular weight is 285 g/mol. The molecule has 0 aliphatic heterocycles. The van der Waals surface area contributed by atoms with Gasteiger partial charge < -0.3 is 14.4 Å². The van der Waals surface area contributed by atoms with Gasteiger partial charge in [-0.2, -0.15) is 11.8 Å². The minimum absolute atomic E-state index is 0.00839. The van der Waals surface area contributed by atoms with Gasteiger partial charge in [-0.1, -0.05) is 6.92 Å². The minimum Gasteiger partial charge on any atom is -0.478 e. The molecule has 0 radical (unpaired) electrons. The van der Waals surface area contributed by atoms with Crippen LogP contribution in [0, 0.1) is 0 Å². The van der Waals surface area contributed by atoms with Gasteiger partial charge in [-0.05, 0) is 24.9 Å². The molecular formula is C13H19NO4S. The normalized spacial score (nSPS) is 12.2. The summed E-state index contributed by atoms with van der Waals surface area (Å²) >= 11 is 1.83. The minimum atomic E-state index is -1.10. The first-order valence-corrected chi connectivity index (χ1v) is 7.29. The molecule has 0 fully saturated rings. The highest BCUT2D eigenvalue weighted by Crippen LogP contribution is 2.14. The summed E-state index contributed by atoms with van der Waals surface area (Å²) in [7, 11) is 1.70. The zero-order chi connectivity index (χ0) is 14.4. The van der Waals surface area contributed by atoms with E-state index in [-0.39, 0.29) is 23.3 Å².